The predicted molar refractivity (Wildman–Crippen MR) is 76.6 cm³/mol. The van der Waals surface area contributed by atoms with Crippen molar-refractivity contribution < 1.29 is 0 Å². The van der Waals surface area contributed by atoms with Crippen molar-refractivity contribution in [3.8, 4) is 0 Å². The molecule has 0 saturated carbocycles. The molecule has 1 aromatic heterocycles. The van der Waals surface area contributed by atoms with Crippen molar-refractivity contribution in [2.75, 3.05) is 5.73 Å². The Hall–Kier alpha value is -1.55. The maximum atomic E-state index is 5.90. The molecule has 4 heteroatoms. The predicted octanol–water partition coefficient (Wildman–Crippen LogP) is 3.22. The van der Waals surface area contributed by atoms with E-state index in [-0.39, 0.29) is 0 Å². The molecular weight excluding hydrogens is 242 g/mol. The van der Waals surface area contributed by atoms with Crippen molar-refractivity contribution in [1.29, 1.82) is 0 Å². The highest BCUT2D eigenvalue weighted by molar-refractivity contribution is 7.98. The molecule has 0 aliphatic rings. The van der Waals surface area contributed by atoms with Crippen molar-refractivity contribution in [3.63, 3.8) is 0 Å². The number of aryl methyl sites for hydroxylation is 1. The van der Waals surface area contributed by atoms with Gasteiger partial charge in [0.25, 0.3) is 0 Å². The summed E-state index contributed by atoms with van der Waals surface area (Å²) < 4.78 is 0. The first-order valence-electron chi connectivity index (χ1n) is 6.00. The molecule has 2 rings (SSSR count). The van der Waals surface area contributed by atoms with Gasteiger partial charge in [-0.25, -0.2) is 9.97 Å². The van der Waals surface area contributed by atoms with E-state index in [1.165, 1.54) is 5.56 Å². The quantitative estimate of drug-likeness (QED) is 0.676. The van der Waals surface area contributed by atoms with E-state index in [9.17, 15) is 0 Å². The lowest BCUT2D eigenvalue weighted by molar-refractivity contribution is 0.878. The zero-order valence-corrected chi connectivity index (χ0v) is 11.5. The van der Waals surface area contributed by atoms with Crippen LogP contribution in [0.2, 0.25) is 0 Å². The summed E-state index contributed by atoms with van der Waals surface area (Å²) in [6.07, 6.45) is 0.809. The van der Waals surface area contributed by atoms with Gasteiger partial charge in [-0.05, 0) is 12.5 Å². The fraction of sp³-hybridized carbons (Fsp3) is 0.286. The molecule has 3 nitrogen and oxygen atoms in total. The van der Waals surface area contributed by atoms with Crippen LogP contribution in [-0.2, 0) is 12.2 Å². The van der Waals surface area contributed by atoms with Crippen LogP contribution in [0.4, 0.5) is 5.82 Å². The molecule has 0 aliphatic heterocycles. The fourth-order valence-corrected chi connectivity index (χ4v) is 2.57. The summed E-state index contributed by atoms with van der Waals surface area (Å²) in [7, 11) is 0. The number of anilines is 1. The van der Waals surface area contributed by atoms with Crippen LogP contribution in [0.3, 0.4) is 0 Å². The number of aromatic nitrogens is 2. The summed E-state index contributed by atoms with van der Waals surface area (Å²) in [5, 5.41) is 0.989. The molecule has 0 amide bonds. The number of nitrogens with zero attached hydrogens (tertiary/aromatic N) is 2. The van der Waals surface area contributed by atoms with Crippen molar-refractivity contribution in [3.05, 3.63) is 47.3 Å². The van der Waals surface area contributed by atoms with Gasteiger partial charge in [0.15, 0.2) is 0 Å². The summed E-state index contributed by atoms with van der Waals surface area (Å²) in [5.74, 6) is 2.31. The molecule has 0 aliphatic carbocycles. The number of hydrogen-bond acceptors (Lipinski definition) is 4. The molecule has 0 atom stereocenters. The molecule has 0 unspecified atom stereocenters. The smallest absolute Gasteiger partial charge is 0.131 e. The second-order valence-electron chi connectivity index (χ2n) is 4.08. The second-order valence-corrected chi connectivity index (χ2v) is 5.05. The molecule has 0 fully saturated rings. The Kier molecular flexibility index (Phi) is 4.20. The van der Waals surface area contributed by atoms with Gasteiger partial charge in [0, 0.05) is 17.7 Å². The SMILES string of the molecule is CCc1nc(N)c(C)c(SCc2ccccc2)n1. The highest BCUT2D eigenvalue weighted by Crippen LogP contribution is 2.26. The minimum Gasteiger partial charge on any atom is -0.383 e. The van der Waals surface area contributed by atoms with E-state index in [4.69, 9.17) is 5.73 Å². The molecule has 0 radical (unpaired) electrons. The summed E-state index contributed by atoms with van der Waals surface area (Å²) in [4.78, 5) is 8.80. The number of nitrogens with two attached hydrogens (primary N) is 1. The van der Waals surface area contributed by atoms with Gasteiger partial charge in [-0.1, -0.05) is 37.3 Å². The summed E-state index contributed by atoms with van der Waals surface area (Å²) in [6, 6.07) is 10.4. The molecule has 0 bridgehead atoms. The lowest BCUT2D eigenvalue weighted by Gasteiger charge is -2.08. The third kappa shape index (κ3) is 3.01. The Morgan fingerprint density at radius 1 is 1.17 bits per heavy atom. The van der Waals surface area contributed by atoms with Gasteiger partial charge in [0.2, 0.25) is 0 Å². The zero-order chi connectivity index (χ0) is 13.0. The number of hydrogen-bond donors (Lipinski definition) is 1. The van der Waals surface area contributed by atoms with E-state index < -0.39 is 0 Å². The second kappa shape index (κ2) is 5.87. The Morgan fingerprint density at radius 3 is 2.56 bits per heavy atom. The van der Waals surface area contributed by atoms with Crippen LogP contribution in [0.1, 0.15) is 23.9 Å². The molecule has 2 N–H and O–H groups in total. The van der Waals surface area contributed by atoms with Gasteiger partial charge in [-0.2, -0.15) is 0 Å². The lowest BCUT2D eigenvalue weighted by Crippen LogP contribution is -2.03. The first kappa shape index (κ1) is 12.9. The topological polar surface area (TPSA) is 51.8 Å². The number of benzene rings is 1. The van der Waals surface area contributed by atoms with Crippen molar-refractivity contribution in [2.24, 2.45) is 0 Å². The van der Waals surface area contributed by atoms with Crippen LogP contribution in [-0.4, -0.2) is 9.97 Å². The number of nitrogen functional groups attached to an aromatic ring is 1. The van der Waals surface area contributed by atoms with Crippen LogP contribution in [0.15, 0.2) is 35.4 Å². The monoisotopic (exact) mass is 259 g/mol. The maximum Gasteiger partial charge on any atom is 0.131 e. The standard InChI is InChI=1S/C14H17N3S/c1-3-12-16-13(15)10(2)14(17-12)18-9-11-7-5-4-6-8-11/h4-8H,3,9H2,1-2H3,(H2,15,16,17). The zero-order valence-electron chi connectivity index (χ0n) is 10.7. The van der Waals surface area contributed by atoms with Gasteiger partial charge >= 0.3 is 0 Å². The summed E-state index contributed by atoms with van der Waals surface area (Å²) >= 11 is 1.71. The molecule has 2 aromatic rings. The lowest BCUT2D eigenvalue weighted by atomic mass is 10.2. The van der Waals surface area contributed by atoms with E-state index in [2.05, 4.69) is 34.2 Å². The van der Waals surface area contributed by atoms with Crippen LogP contribution < -0.4 is 5.73 Å². The Morgan fingerprint density at radius 2 is 1.89 bits per heavy atom. The van der Waals surface area contributed by atoms with E-state index in [1.54, 1.807) is 11.8 Å². The molecule has 0 saturated heterocycles. The highest BCUT2D eigenvalue weighted by Gasteiger charge is 2.08. The molecule has 1 heterocycles. The highest BCUT2D eigenvalue weighted by atomic mass is 32.2. The van der Waals surface area contributed by atoms with Gasteiger partial charge < -0.3 is 5.73 Å². The van der Waals surface area contributed by atoms with Gasteiger partial charge in [-0.3, -0.25) is 0 Å². The number of thioether (sulfide) groups is 1. The largest absolute Gasteiger partial charge is 0.383 e. The van der Waals surface area contributed by atoms with E-state index in [1.807, 2.05) is 19.9 Å². The molecule has 0 spiro atoms. The Labute approximate surface area is 112 Å². The van der Waals surface area contributed by atoms with Crippen LogP contribution in [0.5, 0.6) is 0 Å². The summed E-state index contributed by atoms with van der Waals surface area (Å²) in [6.45, 7) is 4.01. The van der Waals surface area contributed by atoms with Gasteiger partial charge in [0.1, 0.15) is 16.7 Å². The van der Waals surface area contributed by atoms with Crippen LogP contribution in [0, 0.1) is 6.92 Å². The third-order valence-corrected chi connectivity index (χ3v) is 3.87. The van der Waals surface area contributed by atoms with Crippen molar-refractivity contribution >= 4 is 17.6 Å². The van der Waals surface area contributed by atoms with Crippen LogP contribution >= 0.6 is 11.8 Å². The molecule has 1 aromatic carbocycles. The first-order chi connectivity index (χ1) is 8.70. The third-order valence-electron chi connectivity index (χ3n) is 2.72. The van der Waals surface area contributed by atoms with Gasteiger partial charge in [-0.15, -0.1) is 11.8 Å². The average Bonchev–Trinajstić information content (AvgIpc) is 2.41. The van der Waals surface area contributed by atoms with E-state index >= 15 is 0 Å². The Bertz CT molecular complexity index is 526. The fourth-order valence-electron chi connectivity index (χ4n) is 1.58. The Balaban J connectivity index is 2.16. The van der Waals surface area contributed by atoms with E-state index in [0.717, 1.165) is 28.6 Å². The maximum absolute atomic E-state index is 5.90. The number of rotatable bonds is 4. The van der Waals surface area contributed by atoms with E-state index in [0.29, 0.717) is 5.82 Å². The van der Waals surface area contributed by atoms with Crippen molar-refractivity contribution in [2.45, 2.75) is 31.0 Å². The molecule has 94 valence electrons. The minimum absolute atomic E-state index is 0.595. The normalized spacial score (nSPS) is 10.6. The molecular formula is C14H17N3S. The first-order valence-corrected chi connectivity index (χ1v) is 6.99. The average molecular weight is 259 g/mol. The van der Waals surface area contributed by atoms with Crippen molar-refractivity contribution in [1.82, 2.24) is 9.97 Å². The minimum atomic E-state index is 0.595. The molecule has 18 heavy (non-hydrogen) atoms. The van der Waals surface area contributed by atoms with Gasteiger partial charge in [0.05, 0.1) is 0 Å². The summed E-state index contributed by atoms with van der Waals surface area (Å²) in [5.41, 5.74) is 8.17. The van der Waals surface area contributed by atoms with Crippen LogP contribution in [0.25, 0.3) is 0 Å².